The van der Waals surface area contributed by atoms with Gasteiger partial charge in [-0.1, -0.05) is 31.6 Å². The second-order valence-corrected chi connectivity index (χ2v) is 7.90. The fourth-order valence-corrected chi connectivity index (χ4v) is 5.22. The zero-order valence-electron chi connectivity index (χ0n) is 17.4. The SMILES string of the molecule is [2H][C@]12C[C@H](/C(=C\C)C(C)=O)[C@H](CC)CN1CCc1c2[nH]c2cccc(C)c12. The van der Waals surface area contributed by atoms with Crippen molar-refractivity contribution in [3.63, 3.8) is 0 Å². The van der Waals surface area contributed by atoms with Crippen molar-refractivity contribution in [2.75, 3.05) is 13.1 Å². The van der Waals surface area contributed by atoms with Crippen molar-refractivity contribution in [2.45, 2.75) is 53.0 Å². The van der Waals surface area contributed by atoms with Crippen LogP contribution in [0.25, 0.3) is 10.9 Å². The first-order valence-electron chi connectivity index (χ1n) is 10.4. The molecule has 2 aliphatic rings. The third-order valence-corrected chi connectivity index (χ3v) is 6.52. The lowest BCUT2D eigenvalue weighted by atomic mass is 9.73. The molecule has 1 aromatic heterocycles. The first kappa shape index (κ1) is 16.3. The third kappa shape index (κ3) is 2.64. The van der Waals surface area contributed by atoms with Crippen LogP contribution in [0.3, 0.4) is 0 Å². The number of Topliss-reactive ketones (excluding diaryl/α,β-unsaturated/α-hetero) is 1. The molecule has 138 valence electrons. The van der Waals surface area contributed by atoms with Crippen molar-refractivity contribution in [3.05, 3.63) is 46.7 Å². The molecular weight excluding hydrogens is 320 g/mol. The predicted octanol–water partition coefficient (Wildman–Crippen LogP) is 4.96. The van der Waals surface area contributed by atoms with Gasteiger partial charge in [0.15, 0.2) is 5.78 Å². The number of hydrogen-bond acceptors (Lipinski definition) is 2. The number of piperidine rings is 1. The van der Waals surface area contributed by atoms with Gasteiger partial charge >= 0.3 is 0 Å². The summed E-state index contributed by atoms with van der Waals surface area (Å²) >= 11 is 0. The molecule has 1 aromatic carbocycles. The average molecular weight is 352 g/mol. The predicted molar refractivity (Wildman–Crippen MR) is 107 cm³/mol. The highest BCUT2D eigenvalue weighted by molar-refractivity contribution is 5.93. The van der Waals surface area contributed by atoms with Crippen LogP contribution < -0.4 is 0 Å². The number of carbonyl (C=O) groups is 1. The number of allylic oxidation sites excluding steroid dienone is 2. The number of aromatic nitrogens is 1. The smallest absolute Gasteiger partial charge is 0.155 e. The topological polar surface area (TPSA) is 36.1 Å². The Bertz CT molecular complexity index is 928. The van der Waals surface area contributed by atoms with Crippen molar-refractivity contribution in [1.82, 2.24) is 9.88 Å². The number of hydrogen-bond donors (Lipinski definition) is 1. The van der Waals surface area contributed by atoms with Gasteiger partial charge in [0.25, 0.3) is 0 Å². The van der Waals surface area contributed by atoms with Crippen molar-refractivity contribution >= 4 is 16.7 Å². The molecule has 0 unspecified atom stereocenters. The van der Waals surface area contributed by atoms with Gasteiger partial charge in [0.1, 0.15) is 0 Å². The van der Waals surface area contributed by atoms with E-state index in [1.807, 2.05) is 13.0 Å². The second kappa shape index (κ2) is 6.70. The van der Waals surface area contributed by atoms with Gasteiger partial charge in [-0.05, 0) is 68.2 Å². The van der Waals surface area contributed by atoms with E-state index in [0.29, 0.717) is 12.3 Å². The number of aryl methyl sites for hydroxylation is 1. The van der Waals surface area contributed by atoms with Gasteiger partial charge in [0.2, 0.25) is 0 Å². The number of nitrogens with zero attached hydrogens (tertiary/aromatic N) is 1. The highest BCUT2D eigenvalue weighted by Gasteiger charge is 2.41. The molecule has 3 atom stereocenters. The van der Waals surface area contributed by atoms with Crippen molar-refractivity contribution in [3.8, 4) is 0 Å². The Balaban J connectivity index is 1.84. The molecule has 1 N–H and O–H groups in total. The molecule has 1 fully saturated rings. The number of aromatic amines is 1. The van der Waals surface area contributed by atoms with Gasteiger partial charge in [0, 0.05) is 29.7 Å². The molecule has 0 amide bonds. The molecule has 3 heterocycles. The summed E-state index contributed by atoms with van der Waals surface area (Å²) in [5.74, 6) is 0.748. The van der Waals surface area contributed by atoms with Crippen LogP contribution in [0.1, 0.15) is 57.8 Å². The van der Waals surface area contributed by atoms with Crippen molar-refractivity contribution in [2.24, 2.45) is 11.8 Å². The third-order valence-electron chi connectivity index (χ3n) is 6.52. The minimum absolute atomic E-state index is 0.154. The number of rotatable bonds is 3. The Kier molecular flexibility index (Phi) is 4.20. The fourth-order valence-electron chi connectivity index (χ4n) is 5.22. The Morgan fingerprint density at radius 1 is 1.46 bits per heavy atom. The Labute approximate surface area is 157 Å². The molecule has 26 heavy (non-hydrogen) atoms. The van der Waals surface area contributed by atoms with Gasteiger partial charge in [-0.25, -0.2) is 0 Å². The molecule has 3 heteroatoms. The van der Waals surface area contributed by atoms with E-state index in [9.17, 15) is 6.17 Å². The highest BCUT2D eigenvalue weighted by Crippen LogP contribution is 2.46. The summed E-state index contributed by atoms with van der Waals surface area (Å²) in [6.07, 6.45) is 4.70. The maximum atomic E-state index is 12.3. The molecule has 2 aliphatic heterocycles. The standard InChI is InChI=1S/C23H30N2O/c1-5-16-13-25-11-10-18-22-14(3)8-7-9-20(22)24-23(18)21(25)12-19(16)17(6-2)15(4)26/h6-9,16,19,21,24H,5,10-13H2,1-4H3/b17-6-/t16-,19+,21-/m1/s1/i21D. The summed E-state index contributed by atoms with van der Waals surface area (Å²) < 4.78 is 9.52. The highest BCUT2D eigenvalue weighted by atomic mass is 16.1. The van der Waals surface area contributed by atoms with E-state index < -0.39 is 6.02 Å². The van der Waals surface area contributed by atoms with Crippen LogP contribution in [0, 0.1) is 18.8 Å². The second-order valence-electron chi connectivity index (χ2n) is 7.90. The van der Waals surface area contributed by atoms with E-state index in [1.165, 1.54) is 16.5 Å². The van der Waals surface area contributed by atoms with Crippen LogP contribution in [0.15, 0.2) is 29.8 Å². The average Bonchev–Trinajstić information content (AvgIpc) is 3.02. The first-order valence-corrected chi connectivity index (χ1v) is 9.93. The van der Waals surface area contributed by atoms with Gasteiger partial charge in [-0.3, -0.25) is 9.69 Å². The molecular formula is C23H30N2O. The lowest BCUT2D eigenvalue weighted by Crippen LogP contribution is -2.46. The van der Waals surface area contributed by atoms with E-state index in [0.717, 1.165) is 42.7 Å². The number of H-pyrrole nitrogens is 1. The Hall–Kier alpha value is -1.87. The van der Waals surface area contributed by atoms with Crippen LogP contribution in [-0.4, -0.2) is 28.8 Å². The molecule has 0 radical (unpaired) electrons. The molecule has 0 aliphatic carbocycles. The molecule has 0 spiro atoms. The normalized spacial score (nSPS) is 30.0. The summed E-state index contributed by atoms with van der Waals surface area (Å²) in [6.45, 7) is 9.82. The lowest BCUT2D eigenvalue weighted by molar-refractivity contribution is -0.114. The van der Waals surface area contributed by atoms with Crippen LogP contribution in [0.4, 0.5) is 0 Å². The summed E-state index contributed by atoms with van der Waals surface area (Å²) in [5.41, 5.74) is 5.69. The van der Waals surface area contributed by atoms with Crippen LogP contribution >= 0.6 is 0 Å². The lowest BCUT2D eigenvalue weighted by Gasteiger charge is -2.46. The Morgan fingerprint density at radius 3 is 2.96 bits per heavy atom. The zero-order chi connectivity index (χ0) is 19.3. The number of ketones is 1. The summed E-state index contributed by atoms with van der Waals surface area (Å²) in [4.78, 5) is 18.2. The largest absolute Gasteiger partial charge is 0.357 e. The van der Waals surface area contributed by atoms with E-state index in [2.05, 4.69) is 41.9 Å². The molecule has 0 bridgehead atoms. The van der Waals surface area contributed by atoms with Gasteiger partial charge in [-0.15, -0.1) is 0 Å². The van der Waals surface area contributed by atoms with E-state index in [1.54, 1.807) is 6.92 Å². The molecule has 0 saturated carbocycles. The van der Waals surface area contributed by atoms with E-state index in [4.69, 9.17) is 0 Å². The Morgan fingerprint density at radius 2 is 2.27 bits per heavy atom. The zero-order valence-corrected chi connectivity index (χ0v) is 16.4. The number of carbonyl (C=O) groups excluding carboxylic acids is 1. The van der Waals surface area contributed by atoms with Crippen molar-refractivity contribution < 1.29 is 6.17 Å². The van der Waals surface area contributed by atoms with Crippen molar-refractivity contribution in [1.29, 1.82) is 0 Å². The number of benzene rings is 1. The van der Waals surface area contributed by atoms with Gasteiger partial charge < -0.3 is 4.98 Å². The minimum Gasteiger partial charge on any atom is -0.357 e. The summed E-state index contributed by atoms with van der Waals surface area (Å²) in [5, 5.41) is 1.30. The quantitative estimate of drug-likeness (QED) is 0.794. The van der Waals surface area contributed by atoms with Gasteiger partial charge in [-0.2, -0.15) is 0 Å². The maximum Gasteiger partial charge on any atom is 0.155 e. The minimum atomic E-state index is -0.779. The molecule has 3 nitrogen and oxygen atoms in total. The summed E-state index contributed by atoms with van der Waals surface area (Å²) in [6, 6.07) is 5.58. The molecule has 4 rings (SSSR count). The van der Waals surface area contributed by atoms with Crippen LogP contribution in [0.5, 0.6) is 0 Å². The molecule has 2 aromatic rings. The van der Waals surface area contributed by atoms with Gasteiger partial charge in [0.05, 0.1) is 7.39 Å². The first-order chi connectivity index (χ1) is 12.9. The van der Waals surface area contributed by atoms with Crippen LogP contribution in [0.2, 0.25) is 0 Å². The summed E-state index contributed by atoms with van der Waals surface area (Å²) in [7, 11) is 0. The van der Waals surface area contributed by atoms with Crippen LogP contribution in [-0.2, 0) is 11.2 Å². The van der Waals surface area contributed by atoms with E-state index >= 15 is 0 Å². The van der Waals surface area contributed by atoms with E-state index in [-0.39, 0.29) is 11.7 Å². The molecule has 1 saturated heterocycles. The monoisotopic (exact) mass is 351 g/mol. The number of fused-ring (bicyclic) bond motifs is 5. The number of nitrogens with one attached hydrogen (secondary N) is 1. The fraction of sp³-hybridized carbons (Fsp3) is 0.522. The maximum absolute atomic E-state index is 12.3.